The Labute approximate surface area is 136 Å². The van der Waals surface area contributed by atoms with E-state index in [1.54, 1.807) is 0 Å². The molecule has 11 heteroatoms. The number of esters is 1. The Balaban J connectivity index is 3.39. The van der Waals surface area contributed by atoms with Crippen LogP contribution >= 0.6 is 11.8 Å². The summed E-state index contributed by atoms with van der Waals surface area (Å²) < 4.78 is 83.1. The number of alkyl halides is 6. The summed E-state index contributed by atoms with van der Waals surface area (Å²) in [6.07, 6.45) is -5.82. The highest BCUT2D eigenvalue weighted by Crippen LogP contribution is 2.43. The van der Waals surface area contributed by atoms with E-state index < -0.39 is 52.2 Å². The molecule has 0 aliphatic heterocycles. The number of hydrogen-bond donors (Lipinski definition) is 0. The number of carbonyl (C=O) groups is 1. The molecule has 0 amide bonds. The number of nitrogens with zero attached hydrogens (tertiary/aromatic N) is 1. The van der Waals surface area contributed by atoms with Crippen molar-refractivity contribution in [2.24, 2.45) is 0 Å². The first kappa shape index (κ1) is 20.0. The van der Waals surface area contributed by atoms with Gasteiger partial charge in [0.25, 0.3) is 0 Å². The second kappa shape index (κ2) is 7.65. The predicted octanol–water partition coefficient (Wildman–Crippen LogP) is 4.17. The number of halogens is 6. The van der Waals surface area contributed by atoms with Crippen LogP contribution in [0.3, 0.4) is 0 Å². The molecule has 0 saturated carbocycles. The quantitative estimate of drug-likeness (QED) is 0.440. The lowest BCUT2D eigenvalue weighted by molar-refractivity contribution is -0.274. The van der Waals surface area contributed by atoms with Crippen molar-refractivity contribution >= 4 is 17.7 Å². The zero-order valence-corrected chi connectivity index (χ0v) is 12.7. The van der Waals surface area contributed by atoms with Gasteiger partial charge in [0, 0.05) is 4.90 Å². The molecule has 1 rings (SSSR count). The molecular formula is C13H9F6NO3S. The summed E-state index contributed by atoms with van der Waals surface area (Å²) in [5.74, 6) is -1.96. The third-order valence-electron chi connectivity index (χ3n) is 2.40. The zero-order chi connectivity index (χ0) is 18.5. The molecule has 0 atom stereocenters. The first-order chi connectivity index (χ1) is 11.0. The fraction of sp³-hybridized carbons (Fsp3) is 0.385. The highest BCUT2D eigenvalue weighted by atomic mass is 32.2. The van der Waals surface area contributed by atoms with Crippen molar-refractivity contribution < 1.29 is 40.6 Å². The summed E-state index contributed by atoms with van der Waals surface area (Å²) in [5.41, 5.74) is -6.13. The molecule has 4 nitrogen and oxygen atoms in total. The van der Waals surface area contributed by atoms with Gasteiger partial charge in [-0.1, -0.05) is 6.07 Å². The third-order valence-corrected chi connectivity index (χ3v) is 3.30. The molecule has 0 N–H and O–H groups in total. The van der Waals surface area contributed by atoms with Crippen LogP contribution in [0.5, 0.6) is 5.75 Å². The van der Waals surface area contributed by atoms with Crippen molar-refractivity contribution in [1.29, 1.82) is 5.26 Å². The van der Waals surface area contributed by atoms with Crippen molar-refractivity contribution in [3.05, 3.63) is 23.3 Å². The fourth-order valence-corrected chi connectivity index (χ4v) is 2.41. The van der Waals surface area contributed by atoms with E-state index in [4.69, 9.17) is 5.26 Å². The fourth-order valence-electron chi connectivity index (χ4n) is 1.66. The average molecular weight is 373 g/mol. The Bertz CT molecular complexity index is 651. The van der Waals surface area contributed by atoms with Crippen molar-refractivity contribution in [2.75, 3.05) is 6.61 Å². The Morgan fingerprint density at radius 2 is 1.88 bits per heavy atom. The van der Waals surface area contributed by atoms with Crippen LogP contribution in [-0.4, -0.2) is 24.4 Å². The van der Waals surface area contributed by atoms with Crippen molar-refractivity contribution in [3.63, 3.8) is 0 Å². The van der Waals surface area contributed by atoms with Crippen LogP contribution in [0.25, 0.3) is 0 Å². The molecule has 132 valence electrons. The molecule has 0 saturated heterocycles. The van der Waals surface area contributed by atoms with E-state index in [9.17, 15) is 31.1 Å². The molecule has 1 aromatic rings. The summed E-state index contributed by atoms with van der Waals surface area (Å²) in [5, 5.41) is 8.96. The highest BCUT2D eigenvalue weighted by molar-refractivity contribution is 8.00. The molecule has 0 heterocycles. The molecule has 24 heavy (non-hydrogen) atoms. The van der Waals surface area contributed by atoms with Crippen LogP contribution in [0, 0.1) is 11.3 Å². The Hall–Kier alpha value is -2.09. The second-order valence-corrected chi connectivity index (χ2v) is 5.19. The van der Waals surface area contributed by atoms with E-state index in [2.05, 4.69) is 9.47 Å². The van der Waals surface area contributed by atoms with Gasteiger partial charge in [-0.3, -0.25) is 4.79 Å². The topological polar surface area (TPSA) is 59.3 Å². The Morgan fingerprint density at radius 1 is 1.25 bits per heavy atom. The van der Waals surface area contributed by atoms with Crippen LogP contribution in [0.2, 0.25) is 0 Å². The number of ether oxygens (including phenoxy) is 2. The van der Waals surface area contributed by atoms with Gasteiger partial charge in [0.15, 0.2) is 0 Å². The van der Waals surface area contributed by atoms with Gasteiger partial charge in [-0.2, -0.15) is 18.4 Å². The molecule has 0 unspecified atom stereocenters. The van der Waals surface area contributed by atoms with Crippen molar-refractivity contribution in [2.45, 2.75) is 30.1 Å². The minimum absolute atomic E-state index is 0.0268. The SMILES string of the molecule is CCOC(=O)Cc1ccc(OC(F)(F)F)c(C#N)c1SC(F)(F)F. The van der Waals surface area contributed by atoms with Gasteiger partial charge in [-0.05, 0) is 30.3 Å². The number of hydrogen-bond acceptors (Lipinski definition) is 5. The van der Waals surface area contributed by atoms with E-state index in [1.807, 2.05) is 0 Å². The molecule has 0 aromatic heterocycles. The molecule has 0 bridgehead atoms. The summed E-state index contributed by atoms with van der Waals surface area (Å²) in [7, 11) is 0. The van der Waals surface area contributed by atoms with Gasteiger partial charge in [0.1, 0.15) is 17.4 Å². The van der Waals surface area contributed by atoms with Crippen LogP contribution in [0.15, 0.2) is 17.0 Å². The molecule has 0 aliphatic carbocycles. The average Bonchev–Trinajstić information content (AvgIpc) is 2.39. The minimum atomic E-state index is -5.19. The number of thioether (sulfide) groups is 1. The maximum atomic E-state index is 12.7. The lowest BCUT2D eigenvalue weighted by atomic mass is 10.1. The lowest BCUT2D eigenvalue weighted by Crippen LogP contribution is -2.18. The van der Waals surface area contributed by atoms with E-state index in [0.29, 0.717) is 6.07 Å². The lowest BCUT2D eigenvalue weighted by Gasteiger charge is -2.16. The first-order valence-electron chi connectivity index (χ1n) is 6.20. The number of rotatable bonds is 5. The van der Waals surface area contributed by atoms with Gasteiger partial charge < -0.3 is 9.47 Å². The zero-order valence-electron chi connectivity index (χ0n) is 11.9. The molecule has 0 radical (unpaired) electrons. The van der Waals surface area contributed by atoms with Crippen LogP contribution in [-0.2, 0) is 16.0 Å². The number of carbonyl (C=O) groups excluding carboxylic acids is 1. The third kappa shape index (κ3) is 6.19. The highest BCUT2D eigenvalue weighted by Gasteiger charge is 2.36. The first-order valence-corrected chi connectivity index (χ1v) is 7.01. The summed E-state index contributed by atoms with van der Waals surface area (Å²) >= 11 is -0.799. The normalized spacial score (nSPS) is 11.8. The monoisotopic (exact) mass is 373 g/mol. The number of benzene rings is 1. The molecule has 1 aromatic carbocycles. The smallest absolute Gasteiger partial charge is 0.466 e. The molecule has 0 spiro atoms. The van der Waals surface area contributed by atoms with E-state index >= 15 is 0 Å². The summed E-state index contributed by atoms with van der Waals surface area (Å²) in [6.45, 7) is 1.45. The molecular weight excluding hydrogens is 364 g/mol. The number of nitriles is 1. The molecule has 0 aliphatic rings. The van der Waals surface area contributed by atoms with Gasteiger partial charge in [0.2, 0.25) is 0 Å². The molecule has 0 fully saturated rings. The van der Waals surface area contributed by atoms with Gasteiger partial charge in [-0.15, -0.1) is 13.2 Å². The van der Waals surface area contributed by atoms with Gasteiger partial charge in [-0.25, -0.2) is 0 Å². The van der Waals surface area contributed by atoms with Crippen LogP contribution < -0.4 is 4.74 Å². The van der Waals surface area contributed by atoms with Crippen molar-refractivity contribution in [1.82, 2.24) is 0 Å². The van der Waals surface area contributed by atoms with Crippen LogP contribution in [0.1, 0.15) is 18.1 Å². The summed E-state index contributed by atoms with van der Waals surface area (Å²) in [4.78, 5) is 10.6. The Kier molecular flexibility index (Phi) is 6.36. The maximum Gasteiger partial charge on any atom is 0.573 e. The minimum Gasteiger partial charge on any atom is -0.466 e. The maximum absolute atomic E-state index is 12.7. The van der Waals surface area contributed by atoms with E-state index in [1.165, 1.54) is 13.0 Å². The Morgan fingerprint density at radius 3 is 2.33 bits per heavy atom. The predicted molar refractivity (Wildman–Crippen MR) is 70.1 cm³/mol. The van der Waals surface area contributed by atoms with Gasteiger partial charge in [0.05, 0.1) is 13.0 Å². The van der Waals surface area contributed by atoms with Gasteiger partial charge >= 0.3 is 17.8 Å². The summed E-state index contributed by atoms with van der Waals surface area (Å²) in [6, 6.07) is 2.79. The second-order valence-electron chi connectivity index (χ2n) is 4.12. The standard InChI is InChI=1S/C13H9F6NO3S/c1-2-22-10(21)5-7-3-4-9(23-12(14,15)16)8(6-20)11(7)24-13(17,18)19/h3-4H,2,5H2,1H3. The van der Waals surface area contributed by atoms with E-state index in [0.717, 1.165) is 6.07 Å². The van der Waals surface area contributed by atoms with Crippen molar-refractivity contribution in [3.8, 4) is 11.8 Å². The van der Waals surface area contributed by atoms with E-state index in [-0.39, 0.29) is 12.2 Å². The van der Waals surface area contributed by atoms with Crippen LogP contribution in [0.4, 0.5) is 26.3 Å². The largest absolute Gasteiger partial charge is 0.573 e.